The molecule has 0 saturated heterocycles. The maximum absolute atomic E-state index is 11.3. The van der Waals surface area contributed by atoms with Crippen molar-refractivity contribution in [2.75, 3.05) is 6.54 Å². The third kappa shape index (κ3) is 3.85. The average molecular weight is 191 g/mol. The summed E-state index contributed by atoms with van der Waals surface area (Å²) in [4.78, 5) is 21.8. The van der Waals surface area contributed by atoms with Crippen molar-refractivity contribution in [3.8, 4) is 0 Å². The highest BCUT2D eigenvalue weighted by atomic mass is 16.2. The first-order valence-electron chi connectivity index (χ1n) is 4.48. The summed E-state index contributed by atoms with van der Waals surface area (Å²) in [5.41, 5.74) is 0.975. The minimum absolute atomic E-state index is 0.0198. The number of carbonyl (C=O) groups excluding carboxylic acids is 2. The molecule has 0 heterocycles. The SMILES string of the molecule is CC(=O)NCC(=O)Cc1ccccc1. The number of hydrogen-bond donors (Lipinski definition) is 1. The molecule has 0 aliphatic rings. The van der Waals surface area contributed by atoms with E-state index in [1.807, 2.05) is 30.3 Å². The molecule has 3 nitrogen and oxygen atoms in total. The molecule has 1 amide bonds. The molecule has 0 bridgehead atoms. The third-order valence-electron chi connectivity index (χ3n) is 1.78. The molecule has 1 aromatic carbocycles. The number of Topliss-reactive ketones (excluding diaryl/α,β-unsaturated/α-hetero) is 1. The van der Waals surface area contributed by atoms with E-state index in [-0.39, 0.29) is 18.2 Å². The van der Waals surface area contributed by atoms with E-state index in [0.29, 0.717) is 6.42 Å². The average Bonchev–Trinajstić information content (AvgIpc) is 2.16. The van der Waals surface area contributed by atoms with Crippen LogP contribution < -0.4 is 5.32 Å². The highest BCUT2D eigenvalue weighted by Crippen LogP contribution is 1.99. The van der Waals surface area contributed by atoms with Gasteiger partial charge in [0.05, 0.1) is 6.54 Å². The Kier molecular flexibility index (Phi) is 3.85. The van der Waals surface area contributed by atoms with Crippen LogP contribution in [0.15, 0.2) is 30.3 Å². The molecule has 0 radical (unpaired) electrons. The molecule has 0 aliphatic carbocycles. The molecule has 3 heteroatoms. The maximum atomic E-state index is 11.3. The summed E-state index contributed by atoms with van der Waals surface area (Å²) in [5, 5.41) is 2.48. The first-order valence-corrected chi connectivity index (χ1v) is 4.48. The topological polar surface area (TPSA) is 46.2 Å². The third-order valence-corrected chi connectivity index (χ3v) is 1.78. The van der Waals surface area contributed by atoms with Crippen LogP contribution in [0, 0.1) is 0 Å². The number of rotatable bonds is 4. The Balaban J connectivity index is 2.38. The number of hydrogen-bond acceptors (Lipinski definition) is 2. The van der Waals surface area contributed by atoms with Crippen LogP contribution >= 0.6 is 0 Å². The molecule has 74 valence electrons. The predicted octanol–water partition coefficient (Wildman–Crippen LogP) is 0.934. The van der Waals surface area contributed by atoms with Crippen molar-refractivity contribution >= 4 is 11.7 Å². The number of carbonyl (C=O) groups is 2. The zero-order chi connectivity index (χ0) is 10.4. The lowest BCUT2D eigenvalue weighted by Gasteiger charge is -2.01. The molecule has 1 aromatic rings. The van der Waals surface area contributed by atoms with Crippen LogP contribution in [0.25, 0.3) is 0 Å². The second kappa shape index (κ2) is 5.17. The Morgan fingerprint density at radius 2 is 1.86 bits per heavy atom. The van der Waals surface area contributed by atoms with E-state index in [9.17, 15) is 9.59 Å². The molecule has 0 saturated carbocycles. The molecular formula is C11H13NO2. The van der Waals surface area contributed by atoms with E-state index in [1.54, 1.807) is 0 Å². The van der Waals surface area contributed by atoms with Crippen LogP contribution in [-0.2, 0) is 16.0 Å². The van der Waals surface area contributed by atoms with Gasteiger partial charge in [0.15, 0.2) is 5.78 Å². The van der Waals surface area contributed by atoms with E-state index in [0.717, 1.165) is 5.56 Å². The van der Waals surface area contributed by atoms with Crippen molar-refractivity contribution in [3.05, 3.63) is 35.9 Å². The Morgan fingerprint density at radius 3 is 2.43 bits per heavy atom. The maximum Gasteiger partial charge on any atom is 0.217 e. The summed E-state index contributed by atoms with van der Waals surface area (Å²) in [5.74, 6) is -0.155. The monoisotopic (exact) mass is 191 g/mol. The Labute approximate surface area is 83.1 Å². The number of benzene rings is 1. The highest BCUT2D eigenvalue weighted by molar-refractivity contribution is 5.86. The zero-order valence-corrected chi connectivity index (χ0v) is 8.12. The lowest BCUT2D eigenvalue weighted by atomic mass is 10.1. The van der Waals surface area contributed by atoms with E-state index in [2.05, 4.69) is 5.32 Å². The van der Waals surface area contributed by atoms with Crippen LogP contribution in [0.5, 0.6) is 0 Å². The van der Waals surface area contributed by atoms with Gasteiger partial charge in [0.25, 0.3) is 0 Å². The van der Waals surface area contributed by atoms with Gasteiger partial charge in [-0.3, -0.25) is 9.59 Å². The Morgan fingerprint density at radius 1 is 1.21 bits per heavy atom. The largest absolute Gasteiger partial charge is 0.349 e. The summed E-state index contributed by atoms with van der Waals surface area (Å²) in [6.07, 6.45) is 0.376. The standard InChI is InChI=1S/C11H13NO2/c1-9(13)12-8-11(14)7-10-5-3-2-4-6-10/h2-6H,7-8H2,1H3,(H,12,13). The summed E-state index contributed by atoms with van der Waals surface area (Å²) < 4.78 is 0. The van der Waals surface area contributed by atoms with Crippen molar-refractivity contribution in [2.45, 2.75) is 13.3 Å². The molecule has 0 aliphatic heterocycles. The fourth-order valence-electron chi connectivity index (χ4n) is 1.11. The van der Waals surface area contributed by atoms with Crippen LogP contribution in [0.4, 0.5) is 0 Å². The molecule has 14 heavy (non-hydrogen) atoms. The summed E-state index contributed by atoms with van der Waals surface area (Å²) in [7, 11) is 0. The quantitative estimate of drug-likeness (QED) is 0.769. The van der Waals surface area contributed by atoms with E-state index < -0.39 is 0 Å². The zero-order valence-electron chi connectivity index (χ0n) is 8.12. The molecule has 0 atom stereocenters. The predicted molar refractivity (Wildman–Crippen MR) is 53.8 cm³/mol. The van der Waals surface area contributed by atoms with Crippen molar-refractivity contribution in [2.24, 2.45) is 0 Å². The lowest BCUT2D eigenvalue weighted by molar-refractivity contribution is -0.123. The molecule has 1 N–H and O–H groups in total. The van der Waals surface area contributed by atoms with Gasteiger partial charge < -0.3 is 5.32 Å². The summed E-state index contributed by atoms with van der Waals surface area (Å²) in [6, 6.07) is 9.47. The Hall–Kier alpha value is -1.64. The van der Waals surface area contributed by atoms with E-state index >= 15 is 0 Å². The van der Waals surface area contributed by atoms with Crippen LogP contribution in [0.1, 0.15) is 12.5 Å². The number of nitrogens with one attached hydrogen (secondary N) is 1. The van der Waals surface area contributed by atoms with Crippen LogP contribution in [0.3, 0.4) is 0 Å². The van der Waals surface area contributed by atoms with Gasteiger partial charge in [0, 0.05) is 13.3 Å². The number of amides is 1. The summed E-state index contributed by atoms with van der Waals surface area (Å²) >= 11 is 0. The lowest BCUT2D eigenvalue weighted by Crippen LogP contribution is -2.28. The van der Waals surface area contributed by atoms with Gasteiger partial charge in [-0.2, -0.15) is 0 Å². The van der Waals surface area contributed by atoms with Gasteiger partial charge in [-0.05, 0) is 5.56 Å². The molecule has 0 fully saturated rings. The molecule has 1 rings (SSSR count). The van der Waals surface area contributed by atoms with Gasteiger partial charge >= 0.3 is 0 Å². The van der Waals surface area contributed by atoms with Crippen molar-refractivity contribution in [3.63, 3.8) is 0 Å². The van der Waals surface area contributed by atoms with Crippen LogP contribution in [-0.4, -0.2) is 18.2 Å². The summed E-state index contributed by atoms with van der Waals surface area (Å²) in [6.45, 7) is 1.51. The normalized spacial score (nSPS) is 9.50. The van der Waals surface area contributed by atoms with Gasteiger partial charge in [0.1, 0.15) is 0 Å². The fraction of sp³-hybridized carbons (Fsp3) is 0.273. The first-order chi connectivity index (χ1) is 6.68. The van der Waals surface area contributed by atoms with Gasteiger partial charge in [-0.1, -0.05) is 30.3 Å². The smallest absolute Gasteiger partial charge is 0.217 e. The first kappa shape index (κ1) is 10.4. The van der Waals surface area contributed by atoms with Crippen LogP contribution in [0.2, 0.25) is 0 Å². The number of ketones is 1. The van der Waals surface area contributed by atoms with Gasteiger partial charge in [-0.25, -0.2) is 0 Å². The molecule has 0 spiro atoms. The molecule has 0 aromatic heterocycles. The molecular weight excluding hydrogens is 178 g/mol. The van der Waals surface area contributed by atoms with Gasteiger partial charge in [0.2, 0.25) is 5.91 Å². The second-order valence-corrected chi connectivity index (χ2v) is 3.11. The van der Waals surface area contributed by atoms with Gasteiger partial charge in [-0.15, -0.1) is 0 Å². The molecule has 0 unspecified atom stereocenters. The highest BCUT2D eigenvalue weighted by Gasteiger charge is 2.03. The minimum atomic E-state index is -0.175. The minimum Gasteiger partial charge on any atom is -0.349 e. The van der Waals surface area contributed by atoms with Crippen molar-refractivity contribution < 1.29 is 9.59 Å². The van der Waals surface area contributed by atoms with E-state index in [4.69, 9.17) is 0 Å². The van der Waals surface area contributed by atoms with Crippen molar-refractivity contribution in [1.82, 2.24) is 5.32 Å². The van der Waals surface area contributed by atoms with E-state index in [1.165, 1.54) is 6.92 Å². The second-order valence-electron chi connectivity index (χ2n) is 3.11. The Bertz CT molecular complexity index is 319. The van der Waals surface area contributed by atoms with Crippen molar-refractivity contribution in [1.29, 1.82) is 0 Å². The fourth-order valence-corrected chi connectivity index (χ4v) is 1.11.